The second-order valence-corrected chi connectivity index (χ2v) is 6.90. The van der Waals surface area contributed by atoms with E-state index >= 15 is 0 Å². The number of carbonyl (C=O) groups excluding carboxylic acids is 1. The van der Waals surface area contributed by atoms with Crippen molar-refractivity contribution in [3.63, 3.8) is 0 Å². The second kappa shape index (κ2) is 4.71. The molecule has 0 bridgehead atoms. The molecule has 2 fully saturated rings. The molecule has 0 amide bonds. The number of ether oxygens (including phenoxy) is 1. The molecule has 1 unspecified atom stereocenters. The van der Waals surface area contributed by atoms with Gasteiger partial charge >= 0.3 is 5.97 Å². The van der Waals surface area contributed by atoms with Crippen LogP contribution in [0.3, 0.4) is 0 Å². The Morgan fingerprint density at radius 2 is 1.89 bits per heavy atom. The van der Waals surface area contributed by atoms with Crippen molar-refractivity contribution >= 4 is 5.97 Å². The SMILES string of the molecule is CC(=O)O/C(C)=C/CC1C(C)(C)CCCC12CC2. The fourth-order valence-electron chi connectivity index (χ4n) is 3.95. The Balaban J connectivity index is 2.03. The van der Waals surface area contributed by atoms with Gasteiger partial charge in [-0.25, -0.2) is 0 Å². The van der Waals surface area contributed by atoms with E-state index in [0.717, 1.165) is 18.1 Å². The first-order chi connectivity index (χ1) is 8.36. The monoisotopic (exact) mass is 250 g/mol. The predicted octanol–water partition coefficient (Wildman–Crippen LogP) is 4.45. The summed E-state index contributed by atoms with van der Waals surface area (Å²) >= 11 is 0. The molecule has 0 aromatic carbocycles. The van der Waals surface area contributed by atoms with Crippen LogP contribution in [0.5, 0.6) is 0 Å². The molecule has 2 rings (SSSR count). The highest BCUT2D eigenvalue weighted by molar-refractivity contribution is 5.67. The van der Waals surface area contributed by atoms with Crippen LogP contribution in [0.15, 0.2) is 11.8 Å². The standard InChI is InChI=1S/C16H26O2/c1-12(18-13(2)17)6-7-14-15(3,4)8-5-9-16(14)10-11-16/h6,14H,5,7-11H2,1-4H3/b12-6+. The summed E-state index contributed by atoms with van der Waals surface area (Å²) in [5.74, 6) is 1.30. The lowest BCUT2D eigenvalue weighted by molar-refractivity contribution is -0.136. The van der Waals surface area contributed by atoms with Crippen molar-refractivity contribution < 1.29 is 9.53 Å². The summed E-state index contributed by atoms with van der Waals surface area (Å²) in [7, 11) is 0. The molecular formula is C16H26O2. The van der Waals surface area contributed by atoms with Crippen molar-refractivity contribution in [1.29, 1.82) is 0 Å². The first-order valence-corrected chi connectivity index (χ1v) is 7.21. The molecule has 0 saturated heterocycles. The topological polar surface area (TPSA) is 26.3 Å². The molecule has 2 nitrogen and oxygen atoms in total. The number of hydrogen-bond donors (Lipinski definition) is 0. The van der Waals surface area contributed by atoms with E-state index in [-0.39, 0.29) is 5.97 Å². The normalized spacial score (nSPS) is 29.1. The van der Waals surface area contributed by atoms with Crippen molar-refractivity contribution in [3.8, 4) is 0 Å². The van der Waals surface area contributed by atoms with Crippen LogP contribution in [0.4, 0.5) is 0 Å². The first-order valence-electron chi connectivity index (χ1n) is 7.21. The molecule has 0 radical (unpaired) electrons. The molecule has 18 heavy (non-hydrogen) atoms. The van der Waals surface area contributed by atoms with E-state index in [1.165, 1.54) is 39.0 Å². The second-order valence-electron chi connectivity index (χ2n) is 6.90. The number of carbonyl (C=O) groups is 1. The quantitative estimate of drug-likeness (QED) is 0.546. The van der Waals surface area contributed by atoms with Crippen LogP contribution in [0.25, 0.3) is 0 Å². The largest absolute Gasteiger partial charge is 0.432 e. The van der Waals surface area contributed by atoms with Gasteiger partial charge in [-0.05, 0) is 61.9 Å². The molecule has 0 aromatic heterocycles. The number of esters is 1. The molecule has 1 spiro atoms. The van der Waals surface area contributed by atoms with Crippen LogP contribution < -0.4 is 0 Å². The summed E-state index contributed by atoms with van der Waals surface area (Å²) in [5.41, 5.74) is 1.05. The number of hydrogen-bond acceptors (Lipinski definition) is 2. The molecular weight excluding hydrogens is 224 g/mol. The highest BCUT2D eigenvalue weighted by Crippen LogP contribution is 2.65. The molecule has 2 heteroatoms. The molecule has 0 heterocycles. The number of rotatable bonds is 3. The van der Waals surface area contributed by atoms with Crippen LogP contribution in [-0.2, 0) is 9.53 Å². The van der Waals surface area contributed by atoms with E-state index in [4.69, 9.17) is 4.74 Å². The molecule has 2 saturated carbocycles. The maximum Gasteiger partial charge on any atom is 0.307 e. The third kappa shape index (κ3) is 2.78. The van der Waals surface area contributed by atoms with E-state index in [1.54, 1.807) is 0 Å². The van der Waals surface area contributed by atoms with Crippen molar-refractivity contribution in [2.45, 2.75) is 66.2 Å². The highest BCUT2D eigenvalue weighted by atomic mass is 16.5. The zero-order valence-corrected chi connectivity index (χ0v) is 12.2. The van der Waals surface area contributed by atoms with Gasteiger partial charge in [-0.2, -0.15) is 0 Å². The Bertz CT molecular complexity index is 355. The zero-order valence-electron chi connectivity index (χ0n) is 12.2. The van der Waals surface area contributed by atoms with Gasteiger partial charge < -0.3 is 4.74 Å². The molecule has 2 aliphatic rings. The third-order valence-electron chi connectivity index (χ3n) is 5.02. The fraction of sp³-hybridized carbons (Fsp3) is 0.812. The van der Waals surface area contributed by atoms with E-state index in [2.05, 4.69) is 19.9 Å². The predicted molar refractivity (Wildman–Crippen MR) is 72.9 cm³/mol. The Hall–Kier alpha value is -0.790. The van der Waals surface area contributed by atoms with Crippen LogP contribution in [-0.4, -0.2) is 5.97 Å². The van der Waals surface area contributed by atoms with Crippen LogP contribution in [0.2, 0.25) is 0 Å². The van der Waals surface area contributed by atoms with Crippen LogP contribution in [0.1, 0.15) is 66.2 Å². The van der Waals surface area contributed by atoms with Gasteiger partial charge in [0.2, 0.25) is 0 Å². The summed E-state index contributed by atoms with van der Waals surface area (Å²) in [6.45, 7) is 8.17. The van der Waals surface area contributed by atoms with E-state index in [0.29, 0.717) is 10.8 Å². The lowest BCUT2D eigenvalue weighted by Gasteiger charge is -2.44. The van der Waals surface area contributed by atoms with Gasteiger partial charge in [0.15, 0.2) is 0 Å². The van der Waals surface area contributed by atoms with E-state index in [9.17, 15) is 4.79 Å². The summed E-state index contributed by atoms with van der Waals surface area (Å²) in [4.78, 5) is 10.9. The maximum absolute atomic E-state index is 10.9. The van der Waals surface area contributed by atoms with Crippen molar-refractivity contribution in [2.75, 3.05) is 0 Å². The third-order valence-corrected chi connectivity index (χ3v) is 5.02. The first kappa shape index (κ1) is 13.6. The minimum Gasteiger partial charge on any atom is -0.432 e. The summed E-state index contributed by atoms with van der Waals surface area (Å²) in [5, 5.41) is 0. The van der Waals surface area contributed by atoms with Crippen LogP contribution in [0, 0.1) is 16.7 Å². The minimum absolute atomic E-state index is 0.215. The number of allylic oxidation sites excluding steroid dienone is 2. The van der Waals surface area contributed by atoms with E-state index in [1.807, 2.05) is 6.92 Å². The molecule has 102 valence electrons. The maximum atomic E-state index is 10.9. The van der Waals surface area contributed by atoms with Gasteiger partial charge in [-0.3, -0.25) is 4.79 Å². The fourth-order valence-corrected chi connectivity index (χ4v) is 3.95. The Kier molecular flexibility index (Phi) is 3.57. The van der Waals surface area contributed by atoms with Crippen molar-refractivity contribution in [1.82, 2.24) is 0 Å². The summed E-state index contributed by atoms with van der Waals surface area (Å²) < 4.78 is 5.12. The van der Waals surface area contributed by atoms with Gasteiger partial charge in [0.1, 0.15) is 5.76 Å². The van der Waals surface area contributed by atoms with Gasteiger partial charge in [0.25, 0.3) is 0 Å². The Morgan fingerprint density at radius 3 is 2.44 bits per heavy atom. The molecule has 2 aliphatic carbocycles. The van der Waals surface area contributed by atoms with E-state index < -0.39 is 0 Å². The van der Waals surface area contributed by atoms with Gasteiger partial charge in [-0.1, -0.05) is 20.3 Å². The molecule has 0 aliphatic heterocycles. The van der Waals surface area contributed by atoms with Gasteiger partial charge in [0, 0.05) is 6.92 Å². The smallest absolute Gasteiger partial charge is 0.307 e. The average Bonchev–Trinajstić information content (AvgIpc) is 2.95. The Morgan fingerprint density at radius 1 is 1.22 bits per heavy atom. The molecule has 0 N–H and O–H groups in total. The molecule has 0 aromatic rings. The average molecular weight is 250 g/mol. The highest BCUT2D eigenvalue weighted by Gasteiger charge is 2.55. The zero-order chi connectivity index (χ0) is 13.4. The van der Waals surface area contributed by atoms with Crippen molar-refractivity contribution in [2.24, 2.45) is 16.7 Å². The lowest BCUT2D eigenvalue weighted by atomic mass is 9.60. The minimum atomic E-state index is -0.215. The Labute approximate surface area is 111 Å². The summed E-state index contributed by atoms with van der Waals surface area (Å²) in [6.07, 6.45) is 10.1. The molecule has 1 atom stereocenters. The van der Waals surface area contributed by atoms with Crippen molar-refractivity contribution in [3.05, 3.63) is 11.8 Å². The van der Waals surface area contributed by atoms with Gasteiger partial charge in [-0.15, -0.1) is 0 Å². The lowest BCUT2D eigenvalue weighted by Crippen LogP contribution is -2.35. The summed E-state index contributed by atoms with van der Waals surface area (Å²) in [6, 6.07) is 0. The van der Waals surface area contributed by atoms with Crippen LogP contribution >= 0.6 is 0 Å². The van der Waals surface area contributed by atoms with Gasteiger partial charge in [0.05, 0.1) is 0 Å².